The van der Waals surface area contributed by atoms with E-state index < -0.39 is 10.0 Å². The summed E-state index contributed by atoms with van der Waals surface area (Å²) in [4.78, 5) is 1.03. The number of hydrogen-bond acceptors (Lipinski definition) is 5. The third kappa shape index (κ3) is 2.95. The van der Waals surface area contributed by atoms with Crippen LogP contribution in [0.15, 0.2) is 31.6 Å². The van der Waals surface area contributed by atoms with Gasteiger partial charge in [-0.1, -0.05) is 5.16 Å². The number of thiophene rings is 1. The summed E-state index contributed by atoms with van der Waals surface area (Å²) in [5, 5.41) is 3.63. The summed E-state index contributed by atoms with van der Waals surface area (Å²) < 4.78 is 31.8. The van der Waals surface area contributed by atoms with Crippen molar-refractivity contribution in [1.82, 2.24) is 9.88 Å². The van der Waals surface area contributed by atoms with Crippen LogP contribution >= 0.6 is 27.3 Å². The van der Waals surface area contributed by atoms with Crippen LogP contribution in [0.1, 0.15) is 10.6 Å². The summed E-state index contributed by atoms with van der Waals surface area (Å²) in [7, 11) is -3.50. The van der Waals surface area contributed by atoms with Crippen molar-refractivity contribution in [2.75, 3.05) is 0 Å². The van der Waals surface area contributed by atoms with E-state index in [1.165, 1.54) is 17.6 Å². The Balaban J connectivity index is 2.17. The molecule has 2 aromatic rings. The second-order valence-corrected chi connectivity index (χ2v) is 7.66. The number of aryl methyl sites for hydroxylation is 1. The number of halogens is 1. The lowest BCUT2D eigenvalue weighted by atomic mass is 10.5. The molecule has 0 atom stereocenters. The van der Waals surface area contributed by atoms with Gasteiger partial charge in [0.05, 0.1) is 20.9 Å². The molecule has 0 aliphatic rings. The van der Waals surface area contributed by atoms with Gasteiger partial charge in [0, 0.05) is 10.9 Å². The van der Waals surface area contributed by atoms with Gasteiger partial charge >= 0.3 is 0 Å². The van der Waals surface area contributed by atoms with Crippen molar-refractivity contribution in [1.29, 1.82) is 0 Å². The van der Waals surface area contributed by atoms with Crippen LogP contribution in [0.5, 0.6) is 0 Å². The summed E-state index contributed by atoms with van der Waals surface area (Å²) in [6.45, 7) is 1.88. The Labute approximate surface area is 111 Å². The molecule has 0 aliphatic carbocycles. The molecule has 0 unspecified atom stereocenters. The van der Waals surface area contributed by atoms with E-state index in [2.05, 4.69) is 30.3 Å². The molecule has 17 heavy (non-hydrogen) atoms. The van der Waals surface area contributed by atoms with Gasteiger partial charge in [0.25, 0.3) is 0 Å². The summed E-state index contributed by atoms with van der Waals surface area (Å²) in [5.74, 6) is 0. The summed E-state index contributed by atoms with van der Waals surface area (Å²) in [6, 6.07) is 3.20. The van der Waals surface area contributed by atoms with E-state index in [9.17, 15) is 8.42 Å². The first kappa shape index (κ1) is 12.7. The Morgan fingerprint density at radius 1 is 1.59 bits per heavy atom. The van der Waals surface area contributed by atoms with Gasteiger partial charge in [-0.2, -0.15) is 0 Å². The van der Waals surface area contributed by atoms with Crippen molar-refractivity contribution in [2.24, 2.45) is 0 Å². The molecule has 2 heterocycles. The van der Waals surface area contributed by atoms with E-state index in [-0.39, 0.29) is 11.4 Å². The number of nitrogens with one attached hydrogen (secondary N) is 1. The Hall–Kier alpha value is -0.700. The quantitative estimate of drug-likeness (QED) is 0.929. The molecule has 5 nitrogen and oxygen atoms in total. The Bertz CT molecular complexity index is 604. The Kier molecular flexibility index (Phi) is 3.67. The van der Waals surface area contributed by atoms with Crippen LogP contribution in [-0.4, -0.2) is 13.6 Å². The predicted octanol–water partition coefficient (Wildman–Crippen LogP) is 2.29. The van der Waals surface area contributed by atoms with Crippen LogP contribution in [0.4, 0.5) is 0 Å². The lowest BCUT2D eigenvalue weighted by molar-refractivity contribution is 0.411. The maximum atomic E-state index is 12.0. The highest BCUT2D eigenvalue weighted by molar-refractivity contribution is 9.11. The topological polar surface area (TPSA) is 72.2 Å². The smallest absolute Gasteiger partial charge is 0.242 e. The average Bonchev–Trinajstić information content (AvgIpc) is 2.85. The largest absolute Gasteiger partial charge is 0.364 e. The van der Waals surface area contributed by atoms with E-state index >= 15 is 0 Å². The van der Waals surface area contributed by atoms with E-state index in [1.54, 1.807) is 19.1 Å². The standard InChI is InChI=1S/C9H9BrN2O3S2/c1-6-8(4-9(10)16-6)17(13,14)11-5-7-2-3-15-12-7/h2-4,11H,5H2,1H3. The minimum Gasteiger partial charge on any atom is -0.364 e. The third-order valence-electron chi connectivity index (χ3n) is 2.07. The highest BCUT2D eigenvalue weighted by Gasteiger charge is 2.19. The van der Waals surface area contributed by atoms with Gasteiger partial charge in [0.1, 0.15) is 6.26 Å². The molecule has 1 N–H and O–H groups in total. The Morgan fingerprint density at radius 2 is 2.35 bits per heavy atom. The highest BCUT2D eigenvalue weighted by Crippen LogP contribution is 2.29. The van der Waals surface area contributed by atoms with Crippen LogP contribution in [0.2, 0.25) is 0 Å². The van der Waals surface area contributed by atoms with Gasteiger partial charge in [-0.25, -0.2) is 13.1 Å². The fourth-order valence-corrected chi connectivity index (χ4v) is 4.68. The second-order valence-electron chi connectivity index (χ2n) is 3.29. The fraction of sp³-hybridized carbons (Fsp3) is 0.222. The van der Waals surface area contributed by atoms with E-state index in [0.717, 1.165) is 8.66 Å². The number of rotatable bonds is 4. The maximum absolute atomic E-state index is 12.0. The average molecular weight is 337 g/mol. The van der Waals surface area contributed by atoms with Crippen LogP contribution < -0.4 is 4.72 Å². The second kappa shape index (κ2) is 4.89. The van der Waals surface area contributed by atoms with E-state index in [0.29, 0.717) is 5.69 Å². The van der Waals surface area contributed by atoms with Crippen molar-refractivity contribution < 1.29 is 12.9 Å². The van der Waals surface area contributed by atoms with Gasteiger partial charge < -0.3 is 4.52 Å². The Morgan fingerprint density at radius 3 is 2.88 bits per heavy atom. The minimum atomic E-state index is -3.50. The summed E-state index contributed by atoms with van der Waals surface area (Å²) in [5.41, 5.74) is 0.542. The van der Waals surface area contributed by atoms with Gasteiger partial charge in [-0.3, -0.25) is 0 Å². The fourth-order valence-electron chi connectivity index (χ4n) is 1.27. The van der Waals surface area contributed by atoms with Crippen LogP contribution in [-0.2, 0) is 16.6 Å². The first-order valence-electron chi connectivity index (χ1n) is 4.64. The van der Waals surface area contributed by atoms with Crippen molar-refractivity contribution in [3.8, 4) is 0 Å². The van der Waals surface area contributed by atoms with E-state index in [1.807, 2.05) is 0 Å². The molecule has 0 spiro atoms. The molecular weight excluding hydrogens is 328 g/mol. The van der Waals surface area contributed by atoms with E-state index in [4.69, 9.17) is 0 Å². The zero-order valence-electron chi connectivity index (χ0n) is 8.81. The molecule has 0 radical (unpaired) electrons. The van der Waals surface area contributed by atoms with Crippen molar-refractivity contribution in [3.05, 3.63) is 32.8 Å². The van der Waals surface area contributed by atoms with Crippen LogP contribution in [0.3, 0.4) is 0 Å². The first-order valence-corrected chi connectivity index (χ1v) is 7.73. The number of hydrogen-bond donors (Lipinski definition) is 1. The molecule has 0 saturated carbocycles. The zero-order chi connectivity index (χ0) is 12.5. The zero-order valence-corrected chi connectivity index (χ0v) is 12.0. The lowest BCUT2D eigenvalue weighted by Gasteiger charge is -2.03. The molecule has 0 aromatic carbocycles. The van der Waals surface area contributed by atoms with Gasteiger partial charge in [-0.05, 0) is 28.9 Å². The third-order valence-corrected chi connectivity index (χ3v) is 5.28. The molecule has 0 fully saturated rings. The molecule has 0 bridgehead atoms. The van der Waals surface area contributed by atoms with Gasteiger partial charge in [-0.15, -0.1) is 11.3 Å². The van der Waals surface area contributed by atoms with Crippen molar-refractivity contribution in [3.63, 3.8) is 0 Å². The predicted molar refractivity (Wildman–Crippen MR) is 67.3 cm³/mol. The van der Waals surface area contributed by atoms with Gasteiger partial charge in [0.2, 0.25) is 10.0 Å². The van der Waals surface area contributed by atoms with Gasteiger partial charge in [0.15, 0.2) is 0 Å². The minimum absolute atomic E-state index is 0.117. The molecule has 92 valence electrons. The molecule has 0 amide bonds. The molecule has 8 heteroatoms. The van der Waals surface area contributed by atoms with Crippen molar-refractivity contribution >= 4 is 37.3 Å². The maximum Gasteiger partial charge on any atom is 0.242 e. The number of aromatic nitrogens is 1. The SMILES string of the molecule is Cc1sc(Br)cc1S(=O)(=O)NCc1ccon1. The number of nitrogens with zero attached hydrogens (tertiary/aromatic N) is 1. The molecule has 2 aromatic heterocycles. The summed E-state index contributed by atoms with van der Waals surface area (Å²) in [6.07, 6.45) is 1.40. The van der Waals surface area contributed by atoms with Crippen LogP contribution in [0, 0.1) is 6.92 Å². The molecule has 0 saturated heterocycles. The van der Waals surface area contributed by atoms with Crippen LogP contribution in [0.25, 0.3) is 0 Å². The number of sulfonamides is 1. The molecule has 2 rings (SSSR count). The monoisotopic (exact) mass is 336 g/mol. The normalized spacial score (nSPS) is 11.9. The highest BCUT2D eigenvalue weighted by atomic mass is 79.9. The molecule has 0 aliphatic heterocycles. The summed E-state index contributed by atoms with van der Waals surface area (Å²) >= 11 is 4.65. The lowest BCUT2D eigenvalue weighted by Crippen LogP contribution is -2.23. The molecular formula is C9H9BrN2O3S2. The van der Waals surface area contributed by atoms with Crippen molar-refractivity contribution in [2.45, 2.75) is 18.4 Å². The first-order chi connectivity index (χ1) is 7.99.